The lowest BCUT2D eigenvalue weighted by molar-refractivity contribution is -0.141. The summed E-state index contributed by atoms with van der Waals surface area (Å²) in [7, 11) is 1.36. The van der Waals surface area contributed by atoms with Gasteiger partial charge in [0.05, 0.1) is 6.21 Å². The quantitative estimate of drug-likeness (QED) is 0.276. The van der Waals surface area contributed by atoms with Gasteiger partial charge in [-0.3, -0.25) is 5.01 Å². The fourth-order valence-electron chi connectivity index (χ4n) is 2.48. The summed E-state index contributed by atoms with van der Waals surface area (Å²) < 4.78 is 78.6. The number of alkyl halides is 6. The van der Waals surface area contributed by atoms with E-state index in [9.17, 15) is 26.3 Å². The molecule has 0 aliphatic rings. The molecule has 0 aliphatic heterocycles. The highest BCUT2D eigenvalue weighted by molar-refractivity contribution is 7.14. The van der Waals surface area contributed by atoms with Crippen molar-refractivity contribution in [1.29, 1.82) is 0 Å². The smallest absolute Gasteiger partial charge is 0.251 e. The van der Waals surface area contributed by atoms with Crippen molar-refractivity contribution in [3.63, 3.8) is 0 Å². The van der Waals surface area contributed by atoms with Crippen LogP contribution in [0.4, 0.5) is 32.2 Å². The van der Waals surface area contributed by atoms with E-state index in [0.29, 0.717) is 16.9 Å². The minimum absolute atomic E-state index is 0.0180. The van der Waals surface area contributed by atoms with Crippen molar-refractivity contribution >= 4 is 23.4 Å². The molecule has 0 aliphatic carbocycles. The Morgan fingerprint density at radius 1 is 0.931 bits per heavy atom. The SMILES string of the molecule is CN(/N=C\c1cc(-c2ccccc2)c(C(F)(F)F)s1)c1cccc(C(F)(F)F)n1. The Bertz CT molecular complexity index is 1010. The highest BCUT2D eigenvalue weighted by Gasteiger charge is 2.36. The lowest BCUT2D eigenvalue weighted by Crippen LogP contribution is -2.14. The predicted octanol–water partition coefficient (Wildman–Crippen LogP) is 6.32. The van der Waals surface area contributed by atoms with Crippen molar-refractivity contribution in [1.82, 2.24) is 4.98 Å². The van der Waals surface area contributed by atoms with Crippen molar-refractivity contribution in [2.75, 3.05) is 12.1 Å². The fraction of sp³-hybridized carbons (Fsp3) is 0.158. The van der Waals surface area contributed by atoms with Gasteiger partial charge in [0.1, 0.15) is 16.4 Å². The summed E-state index contributed by atoms with van der Waals surface area (Å²) in [4.78, 5) is 2.91. The molecule has 3 nitrogen and oxygen atoms in total. The molecule has 2 heterocycles. The predicted molar refractivity (Wildman–Crippen MR) is 100.0 cm³/mol. The molecule has 0 fully saturated rings. The summed E-state index contributed by atoms with van der Waals surface area (Å²) in [6, 6.07) is 12.8. The van der Waals surface area contributed by atoms with Gasteiger partial charge in [0.2, 0.25) is 0 Å². The van der Waals surface area contributed by atoms with Crippen molar-refractivity contribution in [2.45, 2.75) is 12.4 Å². The maximum atomic E-state index is 13.4. The molecule has 0 amide bonds. The highest BCUT2D eigenvalue weighted by atomic mass is 32.1. The fourth-order valence-corrected chi connectivity index (χ4v) is 3.40. The summed E-state index contributed by atoms with van der Waals surface area (Å²) in [6.45, 7) is 0. The number of anilines is 1. The Labute approximate surface area is 165 Å². The molecule has 152 valence electrons. The van der Waals surface area contributed by atoms with Gasteiger partial charge < -0.3 is 0 Å². The van der Waals surface area contributed by atoms with Gasteiger partial charge in [-0.25, -0.2) is 4.98 Å². The van der Waals surface area contributed by atoms with Gasteiger partial charge in [0.25, 0.3) is 0 Å². The summed E-state index contributed by atoms with van der Waals surface area (Å²) in [5.74, 6) is -0.0908. The monoisotopic (exact) mass is 429 g/mol. The third kappa shape index (κ3) is 4.94. The molecule has 2 aromatic heterocycles. The van der Waals surface area contributed by atoms with E-state index in [1.165, 1.54) is 25.2 Å². The van der Waals surface area contributed by atoms with E-state index in [-0.39, 0.29) is 16.3 Å². The van der Waals surface area contributed by atoms with Crippen molar-refractivity contribution < 1.29 is 26.3 Å². The standard InChI is InChI=1S/C19H13F6N3S/c1-28(16-9-5-8-15(27-16)18(20,21)22)26-11-13-10-14(12-6-3-2-4-7-12)17(29-13)19(23,24)25/h2-11H,1H3/b26-11-. The molecule has 0 spiro atoms. The summed E-state index contributed by atoms with van der Waals surface area (Å²) >= 11 is 0.504. The largest absolute Gasteiger partial charge is 0.433 e. The van der Waals surface area contributed by atoms with Crippen LogP contribution >= 0.6 is 11.3 Å². The third-order valence-corrected chi connectivity index (χ3v) is 4.92. The van der Waals surface area contributed by atoms with Gasteiger partial charge in [-0.2, -0.15) is 31.4 Å². The number of hydrogen-bond donors (Lipinski definition) is 0. The molecule has 29 heavy (non-hydrogen) atoms. The molecule has 10 heteroatoms. The van der Waals surface area contributed by atoms with Crippen LogP contribution < -0.4 is 5.01 Å². The molecule has 1 aromatic carbocycles. The number of hydrazone groups is 1. The molecule has 0 unspecified atom stereocenters. The molecule has 0 saturated heterocycles. The second kappa shape index (κ2) is 7.86. The molecule has 3 rings (SSSR count). The molecule has 0 N–H and O–H groups in total. The van der Waals surface area contributed by atoms with Crippen LogP contribution in [0, 0.1) is 0 Å². The average molecular weight is 429 g/mol. The first-order valence-electron chi connectivity index (χ1n) is 8.14. The summed E-state index contributed by atoms with van der Waals surface area (Å²) in [6.07, 6.45) is -7.99. The zero-order valence-electron chi connectivity index (χ0n) is 14.8. The van der Waals surface area contributed by atoms with Crippen LogP contribution in [0.3, 0.4) is 0 Å². The normalized spacial score (nSPS) is 12.5. The molecule has 0 radical (unpaired) electrons. The van der Waals surface area contributed by atoms with Crippen LogP contribution in [0.25, 0.3) is 11.1 Å². The first kappa shape index (κ1) is 20.8. The molecule has 0 bridgehead atoms. The Kier molecular flexibility index (Phi) is 5.65. The van der Waals surface area contributed by atoms with E-state index in [1.54, 1.807) is 30.3 Å². The van der Waals surface area contributed by atoms with E-state index in [4.69, 9.17) is 0 Å². The van der Waals surface area contributed by atoms with Crippen LogP contribution in [0.15, 0.2) is 59.7 Å². The molecule has 0 saturated carbocycles. The van der Waals surface area contributed by atoms with Gasteiger partial charge in [0.15, 0.2) is 0 Å². The molecular weight excluding hydrogens is 416 g/mol. The lowest BCUT2D eigenvalue weighted by Gasteiger charge is -2.13. The van der Waals surface area contributed by atoms with Crippen LogP contribution in [0.2, 0.25) is 0 Å². The number of rotatable bonds is 4. The number of aromatic nitrogens is 1. The van der Waals surface area contributed by atoms with Crippen LogP contribution in [-0.2, 0) is 12.4 Å². The molecule has 3 aromatic rings. The van der Waals surface area contributed by atoms with Crippen LogP contribution in [0.1, 0.15) is 15.4 Å². The second-order valence-electron chi connectivity index (χ2n) is 5.90. The van der Waals surface area contributed by atoms with Crippen LogP contribution in [0.5, 0.6) is 0 Å². The third-order valence-electron chi connectivity index (χ3n) is 3.81. The number of nitrogens with zero attached hydrogens (tertiary/aromatic N) is 3. The first-order chi connectivity index (χ1) is 13.6. The van der Waals surface area contributed by atoms with E-state index >= 15 is 0 Å². The van der Waals surface area contributed by atoms with Crippen molar-refractivity contribution in [3.05, 3.63) is 70.0 Å². The Balaban J connectivity index is 1.90. The number of pyridine rings is 1. The zero-order valence-corrected chi connectivity index (χ0v) is 15.6. The maximum Gasteiger partial charge on any atom is 0.433 e. The Morgan fingerprint density at radius 2 is 1.62 bits per heavy atom. The molecule has 0 atom stereocenters. The van der Waals surface area contributed by atoms with E-state index in [0.717, 1.165) is 17.3 Å². The maximum absolute atomic E-state index is 13.4. The van der Waals surface area contributed by atoms with Crippen molar-refractivity contribution in [2.24, 2.45) is 5.10 Å². The molecular formula is C19H13F6N3S. The minimum atomic E-state index is -4.61. The van der Waals surface area contributed by atoms with Gasteiger partial charge >= 0.3 is 12.4 Å². The zero-order chi connectivity index (χ0) is 21.2. The first-order valence-corrected chi connectivity index (χ1v) is 8.96. The number of thiophene rings is 1. The Hall–Kier alpha value is -2.88. The highest BCUT2D eigenvalue weighted by Crippen LogP contribution is 2.42. The van der Waals surface area contributed by atoms with Gasteiger partial charge in [-0.05, 0) is 23.8 Å². The van der Waals surface area contributed by atoms with E-state index in [2.05, 4.69) is 10.1 Å². The average Bonchev–Trinajstić information content (AvgIpc) is 3.11. The summed E-state index contributed by atoms with van der Waals surface area (Å²) in [5, 5.41) is 5.00. The second-order valence-corrected chi connectivity index (χ2v) is 6.99. The Morgan fingerprint density at radius 3 is 2.24 bits per heavy atom. The van der Waals surface area contributed by atoms with Crippen molar-refractivity contribution in [3.8, 4) is 11.1 Å². The lowest BCUT2D eigenvalue weighted by atomic mass is 10.1. The number of hydrogen-bond acceptors (Lipinski definition) is 4. The minimum Gasteiger partial charge on any atom is -0.251 e. The van der Waals surface area contributed by atoms with Gasteiger partial charge in [-0.1, -0.05) is 36.4 Å². The number of benzene rings is 1. The summed E-state index contributed by atoms with van der Waals surface area (Å²) in [5.41, 5.74) is -0.660. The topological polar surface area (TPSA) is 28.5 Å². The van der Waals surface area contributed by atoms with Gasteiger partial charge in [-0.15, -0.1) is 11.3 Å². The van der Waals surface area contributed by atoms with E-state index < -0.39 is 22.9 Å². The van der Waals surface area contributed by atoms with Gasteiger partial charge in [0, 0.05) is 17.5 Å². The van der Waals surface area contributed by atoms with E-state index in [1.807, 2.05) is 0 Å². The number of halogens is 6. The van der Waals surface area contributed by atoms with Crippen LogP contribution in [-0.4, -0.2) is 18.2 Å².